The molecular weight excluding hydrogens is 321 g/mol. The second-order valence-corrected chi connectivity index (χ2v) is 0.250. The number of carbonyl (C=O) groups is 1. The fourth-order valence-corrected chi connectivity index (χ4v) is 0. The van der Waals surface area contributed by atoms with Gasteiger partial charge in [-0.15, -0.1) is 0 Å². The molecule has 0 radical (unpaired) electrons. The molecule has 0 heterocycles. The van der Waals surface area contributed by atoms with E-state index in [0.717, 1.165) is 0 Å². The molecule has 0 aromatic heterocycles. The Hall–Kier alpha value is 1.64. The molecule has 0 fully saturated rings. The van der Waals surface area contributed by atoms with Crippen molar-refractivity contribution in [2.75, 3.05) is 0 Å². The molecule has 0 aliphatic rings. The maximum atomic E-state index is 8.33. The second kappa shape index (κ2) is 23.4. The molecule has 0 spiro atoms. The molecule has 5 nitrogen and oxygen atoms in total. The van der Waals surface area contributed by atoms with Gasteiger partial charge in [0.05, 0.1) is 0 Å². The Morgan fingerprint density at radius 1 is 1.12 bits per heavy atom. The molecule has 7 heteroatoms. The molecule has 0 aromatic carbocycles. The summed E-state index contributed by atoms with van der Waals surface area (Å²) in [5, 5.41) is 16.7. The van der Waals surface area contributed by atoms with Crippen LogP contribution in [0.3, 0.4) is 0 Å². The standard InChI is InChI=1S/CH2O3.Ba.2O.Zr/c2-1(3)4;;;;/h(H2,2,3,4);;;;/q;+2;2*-2;+4/p-2. The molecule has 0 saturated carbocycles. The van der Waals surface area contributed by atoms with E-state index in [1.54, 1.807) is 0 Å². The molecule has 0 saturated heterocycles. The maximum absolute atomic E-state index is 8.33. The molecule has 8 heavy (non-hydrogen) atoms. The molecule has 0 bridgehead atoms. The van der Waals surface area contributed by atoms with Gasteiger partial charge in [-0.1, -0.05) is 0 Å². The average molecular weight is 321 g/mol. The molecule has 0 aliphatic carbocycles. The third-order valence-corrected chi connectivity index (χ3v) is 0. The van der Waals surface area contributed by atoms with E-state index < -0.39 is 6.16 Å². The van der Waals surface area contributed by atoms with E-state index in [1.165, 1.54) is 0 Å². The fourth-order valence-electron chi connectivity index (χ4n) is 0. The van der Waals surface area contributed by atoms with E-state index in [2.05, 4.69) is 0 Å². The first-order valence-corrected chi connectivity index (χ1v) is 0.612. The van der Waals surface area contributed by atoms with Gasteiger partial charge in [-0.25, -0.2) is 0 Å². The zero-order valence-corrected chi connectivity index (χ0v) is 10.6. The average Bonchev–Trinajstić information content (AvgIpc) is 0.811. The Labute approximate surface area is 105 Å². The van der Waals surface area contributed by atoms with Gasteiger partial charge in [-0.05, 0) is 6.16 Å². The number of carbonyl (C=O) groups excluding carboxylic acids is 1. The van der Waals surface area contributed by atoms with E-state index in [4.69, 9.17) is 15.0 Å². The Balaban J connectivity index is -0.00000000750. The molecule has 0 aliphatic heterocycles. The van der Waals surface area contributed by atoms with Gasteiger partial charge >= 0.3 is 75.1 Å². The third kappa shape index (κ3) is 125. The summed E-state index contributed by atoms with van der Waals surface area (Å²) in [4.78, 5) is 8.33. The van der Waals surface area contributed by atoms with Crippen molar-refractivity contribution < 1.29 is 52.2 Å². The molecule has 0 amide bonds. The van der Waals surface area contributed by atoms with Crippen LogP contribution in [0.15, 0.2) is 0 Å². The van der Waals surface area contributed by atoms with Crippen LogP contribution in [0, 0.1) is 0 Å². The monoisotopic (exact) mass is 320 g/mol. The summed E-state index contributed by atoms with van der Waals surface area (Å²) in [6.07, 6.45) is -2.33. The Morgan fingerprint density at radius 3 is 1.12 bits per heavy atom. The van der Waals surface area contributed by atoms with Crippen LogP contribution in [0.2, 0.25) is 0 Å². The molecule has 0 atom stereocenters. The summed E-state index contributed by atoms with van der Waals surface area (Å²) >= 11 is 0. The molecule has 0 unspecified atom stereocenters. The van der Waals surface area contributed by atoms with Crippen LogP contribution in [0.1, 0.15) is 0 Å². The fraction of sp³-hybridized carbons (Fsp3) is 0. The molecular formula is CBaO5Zr. The van der Waals surface area contributed by atoms with Crippen molar-refractivity contribution in [3.8, 4) is 0 Å². The zero-order valence-electron chi connectivity index (χ0n) is 3.75. The van der Waals surface area contributed by atoms with Crippen molar-refractivity contribution in [2.24, 2.45) is 0 Å². The minimum atomic E-state index is -2.33. The van der Waals surface area contributed by atoms with Gasteiger partial charge < -0.3 is 26.0 Å². The number of hydrogen-bond acceptors (Lipinski definition) is 3. The van der Waals surface area contributed by atoms with Gasteiger partial charge in [0.15, 0.2) is 0 Å². The summed E-state index contributed by atoms with van der Waals surface area (Å²) in [6, 6.07) is 0. The van der Waals surface area contributed by atoms with Gasteiger partial charge in [-0.2, -0.15) is 0 Å². The van der Waals surface area contributed by atoms with Gasteiger partial charge in [-0.3, -0.25) is 0 Å². The number of carboxylic acid groups (broad SMARTS) is 2. The molecule has 0 N–H and O–H groups in total. The maximum Gasteiger partial charge on any atom is 4.00 e. The van der Waals surface area contributed by atoms with Gasteiger partial charge in [0, 0.05) is 0 Å². The topological polar surface area (TPSA) is 120 Å². The second-order valence-electron chi connectivity index (χ2n) is 0.250. The van der Waals surface area contributed by atoms with Crippen molar-refractivity contribution in [3.05, 3.63) is 0 Å². The van der Waals surface area contributed by atoms with Crippen molar-refractivity contribution in [2.45, 2.75) is 0 Å². The zero-order chi connectivity index (χ0) is 3.58. The van der Waals surface area contributed by atoms with Crippen LogP contribution in [0.25, 0.3) is 0 Å². The quantitative estimate of drug-likeness (QED) is 0.440. The minimum Gasteiger partial charge on any atom is -2.00 e. The minimum absolute atomic E-state index is 0. The normalized spacial score (nSPS) is 3.00. The van der Waals surface area contributed by atoms with Crippen LogP contribution in [-0.4, -0.2) is 55.0 Å². The van der Waals surface area contributed by atoms with E-state index >= 15 is 0 Å². The first kappa shape index (κ1) is 33.4. The van der Waals surface area contributed by atoms with Crippen molar-refractivity contribution in [3.63, 3.8) is 0 Å². The Kier molecular flexibility index (Phi) is 97.8. The van der Waals surface area contributed by atoms with Gasteiger partial charge in [0.2, 0.25) is 0 Å². The third-order valence-electron chi connectivity index (χ3n) is 0. The summed E-state index contributed by atoms with van der Waals surface area (Å²) in [6.45, 7) is 0. The Morgan fingerprint density at radius 2 is 1.12 bits per heavy atom. The van der Waals surface area contributed by atoms with Gasteiger partial charge in [0.25, 0.3) is 0 Å². The predicted molar refractivity (Wildman–Crippen MR) is 12.5 cm³/mol. The van der Waals surface area contributed by atoms with E-state index in [0.29, 0.717) is 0 Å². The van der Waals surface area contributed by atoms with Crippen LogP contribution in [-0.2, 0) is 37.2 Å². The van der Waals surface area contributed by atoms with E-state index in [9.17, 15) is 0 Å². The Bertz CT molecular complexity index is 35.4. The summed E-state index contributed by atoms with van der Waals surface area (Å²) in [5.41, 5.74) is 0. The van der Waals surface area contributed by atoms with Crippen LogP contribution >= 0.6 is 0 Å². The van der Waals surface area contributed by atoms with Crippen molar-refractivity contribution in [1.29, 1.82) is 0 Å². The number of hydrogen-bond donors (Lipinski definition) is 0. The summed E-state index contributed by atoms with van der Waals surface area (Å²) in [7, 11) is 0. The number of rotatable bonds is 0. The van der Waals surface area contributed by atoms with Crippen molar-refractivity contribution in [1.82, 2.24) is 0 Å². The first-order chi connectivity index (χ1) is 1.73. The summed E-state index contributed by atoms with van der Waals surface area (Å²) in [5.74, 6) is 0. The van der Waals surface area contributed by atoms with Crippen molar-refractivity contribution >= 4 is 55.0 Å². The van der Waals surface area contributed by atoms with E-state index in [1.807, 2.05) is 0 Å². The van der Waals surface area contributed by atoms with Crippen LogP contribution in [0.4, 0.5) is 4.79 Å². The molecule has 40 valence electrons. The molecule has 0 aromatic rings. The largest absolute Gasteiger partial charge is 4.00 e. The molecule has 0 rings (SSSR count). The van der Waals surface area contributed by atoms with Gasteiger partial charge in [0.1, 0.15) is 0 Å². The SMILES string of the molecule is O=C([O-])[O-].[Ba+2].[O-2].[O-2].[Zr+4]. The van der Waals surface area contributed by atoms with Crippen LogP contribution in [0.5, 0.6) is 0 Å². The van der Waals surface area contributed by atoms with Crippen LogP contribution < -0.4 is 10.2 Å². The smallest absolute Gasteiger partial charge is 2.00 e. The predicted octanol–water partition coefficient (Wildman–Crippen LogP) is -3.07. The first-order valence-electron chi connectivity index (χ1n) is 0.612. The summed E-state index contributed by atoms with van der Waals surface area (Å²) < 4.78 is 0. The van der Waals surface area contributed by atoms with E-state index in [-0.39, 0.29) is 86.0 Å².